The molecule has 1 amide bonds. The van der Waals surface area contributed by atoms with Gasteiger partial charge in [0.2, 0.25) is 0 Å². The minimum atomic E-state index is 0.0370. The molecule has 3 heterocycles. The highest BCUT2D eigenvalue weighted by molar-refractivity contribution is 5.97. The molecule has 1 aromatic carbocycles. The van der Waals surface area contributed by atoms with E-state index in [4.69, 9.17) is 18.9 Å². The first kappa shape index (κ1) is 23.3. The van der Waals surface area contributed by atoms with Gasteiger partial charge >= 0.3 is 0 Å². The first-order chi connectivity index (χ1) is 15.7. The van der Waals surface area contributed by atoms with Gasteiger partial charge in [-0.15, -0.1) is 0 Å². The molecule has 0 aliphatic carbocycles. The lowest BCUT2D eigenvalue weighted by molar-refractivity contribution is -0.0158. The lowest BCUT2D eigenvalue weighted by atomic mass is 9.93. The summed E-state index contributed by atoms with van der Waals surface area (Å²) in [6.07, 6.45) is 7.38. The van der Waals surface area contributed by atoms with Gasteiger partial charge in [-0.05, 0) is 57.2 Å². The van der Waals surface area contributed by atoms with Gasteiger partial charge in [0.1, 0.15) is 18.1 Å². The highest BCUT2D eigenvalue weighted by atomic mass is 16.5. The van der Waals surface area contributed by atoms with E-state index < -0.39 is 0 Å². The van der Waals surface area contributed by atoms with E-state index in [2.05, 4.69) is 4.90 Å². The SMILES string of the molecule is COc1ccc2c(c1)OCCN(C1CCOCC1)CCCC[C@@H]1[C@H](OC)CCCN1C2=O. The maximum atomic E-state index is 13.7. The predicted octanol–water partition coefficient (Wildman–Crippen LogP) is 3.36. The molecule has 7 heteroatoms. The minimum absolute atomic E-state index is 0.0370. The Hall–Kier alpha value is -1.83. The number of hydrogen-bond acceptors (Lipinski definition) is 6. The molecular weight excluding hydrogens is 408 g/mol. The van der Waals surface area contributed by atoms with E-state index in [0.29, 0.717) is 29.7 Å². The molecule has 2 atom stereocenters. The molecule has 1 aromatic rings. The topological polar surface area (TPSA) is 60.5 Å². The zero-order chi connectivity index (χ0) is 22.3. The second-order valence-electron chi connectivity index (χ2n) is 9.07. The molecule has 3 aliphatic heterocycles. The van der Waals surface area contributed by atoms with Crippen molar-refractivity contribution in [1.82, 2.24) is 9.80 Å². The quantitative estimate of drug-likeness (QED) is 0.710. The summed E-state index contributed by atoms with van der Waals surface area (Å²) in [4.78, 5) is 18.3. The van der Waals surface area contributed by atoms with Crippen molar-refractivity contribution < 1.29 is 23.7 Å². The number of nitrogens with zero attached hydrogens (tertiary/aromatic N) is 2. The molecule has 0 N–H and O–H groups in total. The predicted molar refractivity (Wildman–Crippen MR) is 123 cm³/mol. The Morgan fingerprint density at radius 1 is 0.938 bits per heavy atom. The average molecular weight is 447 g/mol. The van der Waals surface area contributed by atoms with E-state index in [0.717, 1.165) is 77.8 Å². The van der Waals surface area contributed by atoms with Crippen molar-refractivity contribution in [3.63, 3.8) is 0 Å². The largest absolute Gasteiger partial charge is 0.497 e. The van der Waals surface area contributed by atoms with E-state index in [-0.39, 0.29) is 18.1 Å². The number of carbonyl (C=O) groups excluding carboxylic acids is 1. The first-order valence-corrected chi connectivity index (χ1v) is 12.2. The van der Waals surface area contributed by atoms with E-state index >= 15 is 0 Å². The molecule has 0 radical (unpaired) electrons. The van der Waals surface area contributed by atoms with Crippen LogP contribution in [0.3, 0.4) is 0 Å². The Morgan fingerprint density at radius 2 is 1.78 bits per heavy atom. The number of fused-ring (bicyclic) bond motifs is 2. The maximum absolute atomic E-state index is 13.7. The van der Waals surface area contributed by atoms with Crippen LogP contribution in [0.25, 0.3) is 0 Å². The molecule has 4 rings (SSSR count). The van der Waals surface area contributed by atoms with Gasteiger partial charge in [0.25, 0.3) is 5.91 Å². The number of rotatable bonds is 3. The maximum Gasteiger partial charge on any atom is 0.257 e. The van der Waals surface area contributed by atoms with Crippen LogP contribution in [0.1, 0.15) is 55.3 Å². The molecular formula is C25H38N2O5. The summed E-state index contributed by atoms with van der Waals surface area (Å²) in [6.45, 7) is 4.89. The molecule has 32 heavy (non-hydrogen) atoms. The number of amides is 1. The molecule has 3 aliphatic rings. The third kappa shape index (κ3) is 5.38. The highest BCUT2D eigenvalue weighted by Crippen LogP contribution is 2.31. The molecule has 0 spiro atoms. The van der Waals surface area contributed by atoms with Gasteiger partial charge in [0.05, 0.1) is 24.8 Å². The normalized spacial score (nSPS) is 26.7. The van der Waals surface area contributed by atoms with Gasteiger partial charge in [-0.2, -0.15) is 0 Å². The van der Waals surface area contributed by atoms with Gasteiger partial charge in [-0.3, -0.25) is 9.69 Å². The number of methoxy groups -OCH3 is 2. The Kier molecular flexibility index (Phi) is 8.27. The van der Waals surface area contributed by atoms with Gasteiger partial charge in [0.15, 0.2) is 0 Å². The van der Waals surface area contributed by atoms with Crippen LogP contribution < -0.4 is 9.47 Å². The molecule has 178 valence electrons. The lowest BCUT2D eigenvalue weighted by Crippen LogP contribution is -2.51. The second kappa shape index (κ2) is 11.3. The summed E-state index contributed by atoms with van der Waals surface area (Å²) in [6, 6.07) is 6.19. The molecule has 0 bridgehead atoms. The minimum Gasteiger partial charge on any atom is -0.497 e. The van der Waals surface area contributed by atoms with Crippen LogP contribution in [0.15, 0.2) is 18.2 Å². The van der Waals surface area contributed by atoms with Gasteiger partial charge in [-0.25, -0.2) is 0 Å². The summed E-state index contributed by atoms with van der Waals surface area (Å²) >= 11 is 0. The Bertz CT molecular complexity index is 752. The Labute approximate surface area is 191 Å². The van der Waals surface area contributed by atoms with Crippen LogP contribution in [0.4, 0.5) is 0 Å². The van der Waals surface area contributed by atoms with Crippen LogP contribution in [0, 0.1) is 0 Å². The fourth-order valence-corrected chi connectivity index (χ4v) is 5.44. The van der Waals surface area contributed by atoms with Crippen molar-refractivity contribution in [3.05, 3.63) is 23.8 Å². The summed E-state index contributed by atoms with van der Waals surface area (Å²) < 4.78 is 23.1. The van der Waals surface area contributed by atoms with Crippen LogP contribution in [-0.4, -0.2) is 87.6 Å². The average Bonchev–Trinajstić information content (AvgIpc) is 2.86. The van der Waals surface area contributed by atoms with Crippen molar-refractivity contribution in [2.45, 2.75) is 63.1 Å². The number of ether oxygens (including phenoxy) is 4. The molecule has 2 saturated heterocycles. The van der Waals surface area contributed by atoms with Gasteiger partial charge < -0.3 is 23.8 Å². The van der Waals surface area contributed by atoms with Crippen LogP contribution in [0.2, 0.25) is 0 Å². The zero-order valence-electron chi connectivity index (χ0n) is 19.6. The fraction of sp³-hybridized carbons (Fsp3) is 0.720. The first-order valence-electron chi connectivity index (χ1n) is 12.2. The molecule has 0 unspecified atom stereocenters. The number of piperidine rings is 1. The molecule has 2 fully saturated rings. The van der Waals surface area contributed by atoms with Crippen molar-refractivity contribution in [2.75, 3.05) is 53.7 Å². The Morgan fingerprint density at radius 3 is 2.56 bits per heavy atom. The lowest BCUT2D eigenvalue weighted by Gasteiger charge is -2.41. The van der Waals surface area contributed by atoms with E-state index in [9.17, 15) is 4.79 Å². The molecule has 0 aromatic heterocycles. The number of hydrogen-bond donors (Lipinski definition) is 0. The summed E-state index contributed by atoms with van der Waals surface area (Å²) in [5.41, 5.74) is 0.615. The standard InChI is InChI=1S/C25H38N2O5/c1-29-20-8-9-21-24(18-20)32-17-14-26(19-10-15-31-16-11-19)12-4-3-6-22-23(30-2)7-5-13-27(22)25(21)28/h8-9,18-19,22-23H,3-7,10-17H2,1-2H3/t22-,23-/m1/s1. The van der Waals surface area contributed by atoms with Gasteiger partial charge in [0, 0.05) is 45.5 Å². The summed E-state index contributed by atoms with van der Waals surface area (Å²) in [5.74, 6) is 1.35. The van der Waals surface area contributed by atoms with Crippen LogP contribution >= 0.6 is 0 Å². The monoisotopic (exact) mass is 446 g/mol. The van der Waals surface area contributed by atoms with Crippen molar-refractivity contribution >= 4 is 5.91 Å². The second-order valence-corrected chi connectivity index (χ2v) is 9.07. The van der Waals surface area contributed by atoms with Gasteiger partial charge in [-0.1, -0.05) is 6.42 Å². The summed E-state index contributed by atoms with van der Waals surface area (Å²) in [7, 11) is 3.41. The van der Waals surface area contributed by atoms with Crippen LogP contribution in [-0.2, 0) is 9.47 Å². The molecule has 0 saturated carbocycles. The smallest absolute Gasteiger partial charge is 0.257 e. The van der Waals surface area contributed by atoms with E-state index in [1.54, 1.807) is 14.2 Å². The summed E-state index contributed by atoms with van der Waals surface area (Å²) in [5, 5.41) is 0. The third-order valence-corrected chi connectivity index (χ3v) is 7.24. The van der Waals surface area contributed by atoms with Crippen molar-refractivity contribution in [2.24, 2.45) is 0 Å². The highest BCUT2D eigenvalue weighted by Gasteiger charge is 2.36. The molecule has 7 nitrogen and oxygen atoms in total. The Balaban J connectivity index is 1.60. The number of carbonyl (C=O) groups is 1. The van der Waals surface area contributed by atoms with E-state index in [1.807, 2.05) is 23.1 Å². The van der Waals surface area contributed by atoms with Crippen molar-refractivity contribution in [3.8, 4) is 11.5 Å². The van der Waals surface area contributed by atoms with E-state index in [1.165, 1.54) is 0 Å². The number of benzene rings is 1. The van der Waals surface area contributed by atoms with Crippen LogP contribution in [0.5, 0.6) is 11.5 Å². The zero-order valence-corrected chi connectivity index (χ0v) is 19.6. The third-order valence-electron chi connectivity index (χ3n) is 7.24. The van der Waals surface area contributed by atoms with Crippen molar-refractivity contribution in [1.29, 1.82) is 0 Å². The fourth-order valence-electron chi connectivity index (χ4n) is 5.44.